The molecule has 4 N–H and O–H groups in total. The van der Waals surface area contributed by atoms with Gasteiger partial charge in [-0.25, -0.2) is 0 Å². The maximum Gasteiger partial charge on any atom is 0.231 e. The van der Waals surface area contributed by atoms with Crippen molar-refractivity contribution < 1.29 is 9.59 Å². The van der Waals surface area contributed by atoms with Crippen molar-refractivity contribution in [2.75, 3.05) is 18.4 Å². The molecule has 2 heterocycles. The normalized spacial score (nSPS) is 14.2. The number of carbonyl (C=O) groups excluding carboxylic acids is 2. The van der Waals surface area contributed by atoms with Crippen molar-refractivity contribution in [3.63, 3.8) is 0 Å². The summed E-state index contributed by atoms with van der Waals surface area (Å²) in [5, 5.41) is 9.96. The van der Waals surface area contributed by atoms with Crippen LogP contribution in [0.2, 0.25) is 0 Å². The van der Waals surface area contributed by atoms with Crippen LogP contribution >= 0.6 is 0 Å². The molecule has 3 rings (SSSR count). The number of nitrogens with one attached hydrogen (secondary N) is 2. The summed E-state index contributed by atoms with van der Waals surface area (Å²) in [6, 6.07) is 5.95. The molecule has 0 aliphatic carbocycles. The minimum Gasteiger partial charge on any atom is -0.369 e. The number of amides is 2. The second kappa shape index (κ2) is 7.06. The molecule has 1 aliphatic rings. The SMILES string of the molecule is Cc1n[nH]c(C)c1CC(=O)Nc1ccc2c(c1)CN(CC(N)=O)CC2. The van der Waals surface area contributed by atoms with E-state index in [-0.39, 0.29) is 18.4 Å². The van der Waals surface area contributed by atoms with Crippen molar-refractivity contribution in [3.8, 4) is 0 Å². The van der Waals surface area contributed by atoms with Crippen LogP contribution in [0.4, 0.5) is 5.69 Å². The van der Waals surface area contributed by atoms with Crippen LogP contribution in [0.25, 0.3) is 0 Å². The van der Waals surface area contributed by atoms with E-state index in [1.807, 2.05) is 36.9 Å². The van der Waals surface area contributed by atoms with Gasteiger partial charge < -0.3 is 11.1 Å². The Kier molecular flexibility index (Phi) is 4.85. The van der Waals surface area contributed by atoms with Crippen LogP contribution in [0.1, 0.15) is 28.1 Å². The summed E-state index contributed by atoms with van der Waals surface area (Å²) in [6.45, 7) is 5.55. The molecule has 132 valence electrons. The third kappa shape index (κ3) is 4.06. The Morgan fingerprint density at radius 3 is 2.80 bits per heavy atom. The van der Waals surface area contributed by atoms with Gasteiger partial charge in [-0.2, -0.15) is 5.10 Å². The number of hydrogen-bond acceptors (Lipinski definition) is 4. The minimum atomic E-state index is -0.321. The van der Waals surface area contributed by atoms with E-state index in [4.69, 9.17) is 5.73 Å². The van der Waals surface area contributed by atoms with E-state index in [1.54, 1.807) is 0 Å². The monoisotopic (exact) mass is 341 g/mol. The van der Waals surface area contributed by atoms with Crippen LogP contribution in [-0.4, -0.2) is 40.0 Å². The van der Waals surface area contributed by atoms with E-state index in [9.17, 15) is 9.59 Å². The number of primary amides is 1. The van der Waals surface area contributed by atoms with Gasteiger partial charge in [0.1, 0.15) is 0 Å². The van der Waals surface area contributed by atoms with E-state index >= 15 is 0 Å². The predicted molar refractivity (Wildman–Crippen MR) is 95.0 cm³/mol. The number of fused-ring (bicyclic) bond motifs is 1. The summed E-state index contributed by atoms with van der Waals surface area (Å²) in [6.07, 6.45) is 1.17. The molecule has 0 bridgehead atoms. The Bertz CT molecular complexity index is 792. The molecular formula is C18H23N5O2. The molecular weight excluding hydrogens is 318 g/mol. The molecule has 1 aromatic carbocycles. The molecule has 0 fully saturated rings. The second-order valence-corrected chi connectivity index (χ2v) is 6.55. The lowest BCUT2D eigenvalue weighted by molar-refractivity contribution is -0.119. The van der Waals surface area contributed by atoms with Gasteiger partial charge in [-0.1, -0.05) is 6.07 Å². The summed E-state index contributed by atoms with van der Waals surface area (Å²) in [4.78, 5) is 25.5. The first-order valence-corrected chi connectivity index (χ1v) is 8.35. The number of aromatic nitrogens is 2. The highest BCUT2D eigenvalue weighted by molar-refractivity contribution is 5.92. The van der Waals surface area contributed by atoms with Gasteiger partial charge in [0.2, 0.25) is 11.8 Å². The lowest BCUT2D eigenvalue weighted by atomic mass is 9.99. The van der Waals surface area contributed by atoms with Crippen LogP contribution in [0.5, 0.6) is 0 Å². The van der Waals surface area contributed by atoms with Crippen LogP contribution in [0, 0.1) is 13.8 Å². The standard InChI is InChI=1S/C18H23N5O2/c1-11-16(12(2)22-21-11)8-18(25)20-15-4-3-13-5-6-23(10-17(19)24)9-14(13)7-15/h3-4,7H,5-6,8-10H2,1-2H3,(H2,19,24)(H,20,25)(H,21,22). The topological polar surface area (TPSA) is 104 Å². The molecule has 0 saturated carbocycles. The van der Waals surface area contributed by atoms with Crippen molar-refractivity contribution in [1.29, 1.82) is 0 Å². The van der Waals surface area contributed by atoms with Gasteiger partial charge in [-0.15, -0.1) is 0 Å². The van der Waals surface area contributed by atoms with Crippen molar-refractivity contribution in [3.05, 3.63) is 46.3 Å². The fourth-order valence-electron chi connectivity index (χ4n) is 3.25. The zero-order chi connectivity index (χ0) is 18.0. The summed E-state index contributed by atoms with van der Waals surface area (Å²) in [5.41, 5.74) is 11.1. The number of aryl methyl sites for hydroxylation is 2. The molecule has 7 nitrogen and oxygen atoms in total. The number of nitrogens with zero attached hydrogens (tertiary/aromatic N) is 2. The average Bonchev–Trinajstić information content (AvgIpc) is 2.86. The fourth-order valence-corrected chi connectivity index (χ4v) is 3.25. The zero-order valence-electron chi connectivity index (χ0n) is 14.6. The first kappa shape index (κ1) is 17.2. The summed E-state index contributed by atoms with van der Waals surface area (Å²) < 4.78 is 0. The molecule has 2 aromatic rings. The largest absolute Gasteiger partial charge is 0.369 e. The maximum atomic E-state index is 12.3. The number of H-pyrrole nitrogens is 1. The lowest BCUT2D eigenvalue weighted by Crippen LogP contribution is -2.37. The number of benzene rings is 1. The average molecular weight is 341 g/mol. The molecule has 1 aromatic heterocycles. The molecule has 0 spiro atoms. The minimum absolute atomic E-state index is 0.0719. The Morgan fingerprint density at radius 2 is 2.12 bits per heavy atom. The predicted octanol–water partition coefficient (Wildman–Crippen LogP) is 1.05. The van der Waals surface area contributed by atoms with E-state index in [0.29, 0.717) is 13.0 Å². The van der Waals surface area contributed by atoms with Crippen LogP contribution in [0.15, 0.2) is 18.2 Å². The van der Waals surface area contributed by atoms with E-state index in [1.165, 1.54) is 5.56 Å². The molecule has 0 atom stereocenters. The summed E-state index contributed by atoms with van der Waals surface area (Å²) in [7, 11) is 0. The van der Waals surface area contributed by atoms with Crippen molar-refractivity contribution >= 4 is 17.5 Å². The fraction of sp³-hybridized carbons (Fsp3) is 0.389. The Hall–Kier alpha value is -2.67. The Morgan fingerprint density at radius 1 is 1.32 bits per heavy atom. The number of anilines is 1. The molecule has 1 aliphatic heterocycles. The van der Waals surface area contributed by atoms with Gasteiger partial charge in [-0.05, 0) is 43.5 Å². The smallest absolute Gasteiger partial charge is 0.231 e. The highest BCUT2D eigenvalue weighted by atomic mass is 16.2. The van der Waals surface area contributed by atoms with E-state index < -0.39 is 0 Å². The first-order valence-electron chi connectivity index (χ1n) is 8.35. The van der Waals surface area contributed by atoms with E-state index in [0.717, 1.165) is 41.2 Å². The third-order valence-corrected chi connectivity index (χ3v) is 4.58. The number of carbonyl (C=O) groups is 2. The van der Waals surface area contributed by atoms with Gasteiger partial charge in [0.25, 0.3) is 0 Å². The van der Waals surface area contributed by atoms with Crippen LogP contribution in [-0.2, 0) is 29.0 Å². The molecule has 2 amide bonds. The summed E-state index contributed by atoms with van der Waals surface area (Å²) in [5.74, 6) is -0.392. The van der Waals surface area contributed by atoms with Gasteiger partial charge >= 0.3 is 0 Å². The lowest BCUT2D eigenvalue weighted by Gasteiger charge is -2.28. The highest BCUT2D eigenvalue weighted by Crippen LogP contribution is 2.23. The molecule has 0 radical (unpaired) electrons. The first-order chi connectivity index (χ1) is 11.9. The quantitative estimate of drug-likeness (QED) is 0.756. The number of aromatic amines is 1. The van der Waals surface area contributed by atoms with Gasteiger partial charge in [0.05, 0.1) is 18.7 Å². The Balaban J connectivity index is 1.68. The second-order valence-electron chi connectivity index (χ2n) is 6.55. The van der Waals surface area contributed by atoms with Gasteiger partial charge in [0, 0.05) is 30.0 Å². The number of hydrogen-bond donors (Lipinski definition) is 3. The Labute approximate surface area is 146 Å². The molecule has 25 heavy (non-hydrogen) atoms. The van der Waals surface area contributed by atoms with Crippen LogP contribution in [0.3, 0.4) is 0 Å². The van der Waals surface area contributed by atoms with E-state index in [2.05, 4.69) is 15.5 Å². The number of rotatable bonds is 5. The van der Waals surface area contributed by atoms with Crippen molar-refractivity contribution in [2.45, 2.75) is 33.2 Å². The maximum absolute atomic E-state index is 12.3. The van der Waals surface area contributed by atoms with Gasteiger partial charge in [-0.3, -0.25) is 19.6 Å². The molecule has 7 heteroatoms. The van der Waals surface area contributed by atoms with Gasteiger partial charge in [0.15, 0.2) is 0 Å². The molecule has 0 unspecified atom stereocenters. The van der Waals surface area contributed by atoms with Crippen molar-refractivity contribution in [1.82, 2.24) is 15.1 Å². The third-order valence-electron chi connectivity index (χ3n) is 4.58. The zero-order valence-corrected chi connectivity index (χ0v) is 14.6. The molecule has 0 saturated heterocycles. The summed E-state index contributed by atoms with van der Waals surface area (Å²) >= 11 is 0. The number of nitrogens with two attached hydrogens (primary N) is 1. The highest BCUT2D eigenvalue weighted by Gasteiger charge is 2.18. The van der Waals surface area contributed by atoms with Crippen LogP contribution < -0.4 is 11.1 Å². The van der Waals surface area contributed by atoms with Crippen molar-refractivity contribution in [2.24, 2.45) is 5.73 Å².